The minimum absolute atomic E-state index is 0.0112. The maximum Gasteiger partial charge on any atom is 0.0791 e. The zero-order chi connectivity index (χ0) is 22.2. The summed E-state index contributed by atoms with van der Waals surface area (Å²) in [7, 11) is 0. The smallest absolute Gasteiger partial charge is 0.0791 e. The number of benzene rings is 3. The van der Waals surface area contributed by atoms with Gasteiger partial charge in [-0.25, -0.2) is 4.98 Å². The van der Waals surface area contributed by atoms with Crippen LogP contribution in [0.25, 0.3) is 44.2 Å². The number of pyridine rings is 1. The van der Waals surface area contributed by atoms with Crippen LogP contribution in [0.3, 0.4) is 0 Å². The van der Waals surface area contributed by atoms with E-state index in [1.165, 1.54) is 37.6 Å². The third-order valence-corrected chi connectivity index (χ3v) is 7.00. The second-order valence-corrected chi connectivity index (χ2v) is 9.05. The molecule has 33 heavy (non-hydrogen) atoms. The first kappa shape index (κ1) is 20.1. The molecule has 0 amide bonds. The third kappa shape index (κ3) is 3.61. The molecule has 4 nitrogen and oxygen atoms in total. The molecule has 0 radical (unpaired) electrons. The molecule has 0 atom stereocenters. The predicted octanol–water partition coefficient (Wildman–Crippen LogP) is 6.92. The summed E-state index contributed by atoms with van der Waals surface area (Å²) in [5.41, 5.74) is 5.99. The molecule has 1 N–H and O–H groups in total. The number of nitrogens with zero attached hydrogens (tertiary/aromatic N) is 3. The topological polar surface area (TPSA) is 50.9 Å². The number of hydrogen-bond donors (Lipinski definition) is 1. The molecule has 3 aromatic carbocycles. The van der Waals surface area contributed by atoms with E-state index < -0.39 is 0 Å². The van der Waals surface area contributed by atoms with Crippen LogP contribution in [0.4, 0.5) is 0 Å². The SMILES string of the molecule is OCc1ccccc1-c1nc(-c2ccc3c(cnn3C3CCCCC3)c2)cc2ccccc12. The minimum atomic E-state index is -0.0112. The normalized spacial score (nSPS) is 14.8. The Morgan fingerprint density at radius 2 is 1.67 bits per heavy atom. The first-order chi connectivity index (χ1) is 16.3. The van der Waals surface area contributed by atoms with Gasteiger partial charge >= 0.3 is 0 Å². The lowest BCUT2D eigenvalue weighted by Gasteiger charge is -2.22. The van der Waals surface area contributed by atoms with Gasteiger partial charge in [-0.3, -0.25) is 4.68 Å². The Morgan fingerprint density at radius 1 is 0.848 bits per heavy atom. The molecule has 0 spiro atoms. The van der Waals surface area contributed by atoms with E-state index >= 15 is 0 Å². The zero-order valence-electron chi connectivity index (χ0n) is 18.6. The van der Waals surface area contributed by atoms with E-state index in [9.17, 15) is 5.11 Å². The second kappa shape index (κ2) is 8.45. The van der Waals surface area contributed by atoms with Gasteiger partial charge in [-0.1, -0.05) is 73.9 Å². The van der Waals surface area contributed by atoms with Gasteiger partial charge in [0.1, 0.15) is 0 Å². The van der Waals surface area contributed by atoms with Crippen molar-refractivity contribution in [3.05, 3.63) is 84.6 Å². The van der Waals surface area contributed by atoms with E-state index in [0.29, 0.717) is 6.04 Å². The summed E-state index contributed by atoms with van der Waals surface area (Å²) in [5.74, 6) is 0. The van der Waals surface area contributed by atoms with Crippen molar-refractivity contribution in [2.45, 2.75) is 44.8 Å². The predicted molar refractivity (Wildman–Crippen MR) is 134 cm³/mol. The van der Waals surface area contributed by atoms with Crippen LogP contribution in [-0.2, 0) is 6.61 Å². The summed E-state index contributed by atoms with van der Waals surface area (Å²) >= 11 is 0. The molecule has 4 heteroatoms. The minimum Gasteiger partial charge on any atom is -0.392 e. The average molecular weight is 434 g/mol. The number of rotatable bonds is 4. The molecule has 2 heterocycles. The molecule has 0 aliphatic heterocycles. The number of aromatic nitrogens is 3. The van der Waals surface area contributed by atoms with Gasteiger partial charge in [0.25, 0.3) is 0 Å². The van der Waals surface area contributed by atoms with Crippen molar-refractivity contribution in [1.82, 2.24) is 14.8 Å². The summed E-state index contributed by atoms with van der Waals surface area (Å²) < 4.78 is 2.23. The number of hydrogen-bond acceptors (Lipinski definition) is 3. The zero-order valence-corrected chi connectivity index (χ0v) is 18.6. The number of aliphatic hydroxyl groups excluding tert-OH is 1. The van der Waals surface area contributed by atoms with E-state index in [1.807, 2.05) is 36.5 Å². The molecule has 6 rings (SSSR count). The van der Waals surface area contributed by atoms with Gasteiger partial charge in [-0.15, -0.1) is 0 Å². The van der Waals surface area contributed by atoms with E-state index in [2.05, 4.69) is 47.1 Å². The second-order valence-electron chi connectivity index (χ2n) is 9.05. The van der Waals surface area contributed by atoms with E-state index in [1.54, 1.807) is 0 Å². The van der Waals surface area contributed by atoms with Crippen LogP contribution in [-0.4, -0.2) is 19.9 Å². The lowest BCUT2D eigenvalue weighted by atomic mass is 9.95. The van der Waals surface area contributed by atoms with Gasteiger partial charge in [-0.05, 0) is 42.0 Å². The summed E-state index contributed by atoms with van der Waals surface area (Å²) in [6.45, 7) is -0.0112. The fraction of sp³-hybridized carbons (Fsp3) is 0.241. The molecule has 2 aromatic heterocycles. The molecule has 0 bridgehead atoms. The molecule has 5 aromatic rings. The van der Waals surface area contributed by atoms with Crippen LogP contribution < -0.4 is 0 Å². The van der Waals surface area contributed by atoms with Crippen molar-refractivity contribution < 1.29 is 5.11 Å². The highest BCUT2D eigenvalue weighted by Gasteiger charge is 2.18. The average Bonchev–Trinajstić information content (AvgIpc) is 3.32. The molecule has 1 saturated carbocycles. The molecule has 0 unspecified atom stereocenters. The van der Waals surface area contributed by atoms with Gasteiger partial charge in [-0.2, -0.15) is 5.10 Å². The number of aliphatic hydroxyl groups is 1. The molecule has 1 aliphatic rings. The summed E-state index contributed by atoms with van der Waals surface area (Å²) in [4.78, 5) is 5.12. The number of fused-ring (bicyclic) bond motifs is 2. The quantitative estimate of drug-likeness (QED) is 0.335. The van der Waals surface area contributed by atoms with Crippen LogP contribution in [0.2, 0.25) is 0 Å². The fourth-order valence-electron chi connectivity index (χ4n) is 5.27. The Balaban J connectivity index is 1.49. The van der Waals surface area contributed by atoms with Gasteiger partial charge in [0, 0.05) is 21.9 Å². The van der Waals surface area contributed by atoms with E-state index in [0.717, 1.165) is 44.2 Å². The largest absolute Gasteiger partial charge is 0.392 e. The Morgan fingerprint density at radius 3 is 2.55 bits per heavy atom. The van der Waals surface area contributed by atoms with Crippen molar-refractivity contribution in [1.29, 1.82) is 0 Å². The maximum atomic E-state index is 9.93. The van der Waals surface area contributed by atoms with Crippen molar-refractivity contribution in [2.24, 2.45) is 0 Å². The first-order valence-electron chi connectivity index (χ1n) is 11.9. The Labute approximate surface area is 193 Å². The van der Waals surface area contributed by atoms with Gasteiger partial charge in [0.05, 0.1) is 35.8 Å². The highest BCUT2D eigenvalue weighted by molar-refractivity contribution is 5.98. The van der Waals surface area contributed by atoms with Crippen LogP contribution >= 0.6 is 0 Å². The maximum absolute atomic E-state index is 9.93. The standard InChI is InChI=1S/C29H27N3O/c33-19-22-9-5-7-13-26(22)29-25-12-6-4-8-20(25)17-27(31-29)21-14-15-28-23(16-21)18-30-32(28)24-10-2-1-3-11-24/h4-9,12-18,24,33H,1-3,10-11,19H2. The monoisotopic (exact) mass is 433 g/mol. The Kier molecular flexibility index (Phi) is 5.16. The summed E-state index contributed by atoms with van der Waals surface area (Å²) in [6, 6.07) is 25.6. The fourth-order valence-corrected chi connectivity index (χ4v) is 5.27. The van der Waals surface area contributed by atoms with Crippen LogP contribution in [0, 0.1) is 0 Å². The summed E-state index contributed by atoms with van der Waals surface area (Å²) in [6.07, 6.45) is 8.37. The molecular formula is C29H27N3O. The Hall–Kier alpha value is -3.50. The lowest BCUT2D eigenvalue weighted by Crippen LogP contribution is -2.13. The van der Waals surface area contributed by atoms with Crippen molar-refractivity contribution in [3.8, 4) is 22.5 Å². The molecule has 0 saturated heterocycles. The van der Waals surface area contributed by atoms with E-state index in [-0.39, 0.29) is 6.61 Å². The van der Waals surface area contributed by atoms with Crippen molar-refractivity contribution >= 4 is 21.7 Å². The van der Waals surface area contributed by atoms with Crippen LogP contribution in [0.1, 0.15) is 43.7 Å². The van der Waals surface area contributed by atoms with E-state index in [4.69, 9.17) is 10.1 Å². The lowest BCUT2D eigenvalue weighted by molar-refractivity contribution is 0.282. The van der Waals surface area contributed by atoms with Crippen molar-refractivity contribution in [3.63, 3.8) is 0 Å². The van der Waals surface area contributed by atoms with Crippen LogP contribution in [0.15, 0.2) is 79.0 Å². The van der Waals surface area contributed by atoms with Crippen molar-refractivity contribution in [2.75, 3.05) is 0 Å². The first-order valence-corrected chi connectivity index (χ1v) is 11.9. The highest BCUT2D eigenvalue weighted by atomic mass is 16.3. The van der Waals surface area contributed by atoms with Crippen LogP contribution in [0.5, 0.6) is 0 Å². The van der Waals surface area contributed by atoms with Gasteiger partial charge in [0.2, 0.25) is 0 Å². The summed E-state index contributed by atoms with van der Waals surface area (Å²) in [5, 5.41) is 18.1. The highest BCUT2D eigenvalue weighted by Crippen LogP contribution is 2.35. The molecular weight excluding hydrogens is 406 g/mol. The van der Waals surface area contributed by atoms with Gasteiger partial charge < -0.3 is 5.11 Å². The Bertz CT molecular complexity index is 1450. The molecule has 1 aliphatic carbocycles. The third-order valence-electron chi connectivity index (χ3n) is 7.00. The molecule has 164 valence electrons. The molecule has 1 fully saturated rings. The van der Waals surface area contributed by atoms with Gasteiger partial charge in [0.15, 0.2) is 0 Å².